The maximum Gasteiger partial charge on any atom is 0.229 e. The molecule has 0 fully saturated rings. The van der Waals surface area contributed by atoms with Crippen molar-refractivity contribution in [3.05, 3.63) is 101 Å². The molecule has 5 nitrogen and oxygen atoms in total. The zero-order valence-corrected chi connectivity index (χ0v) is 16.7. The van der Waals surface area contributed by atoms with Crippen LogP contribution < -0.4 is 5.32 Å². The molecule has 0 atom stereocenters. The Morgan fingerprint density at radius 2 is 1.61 bits per heavy atom. The lowest BCUT2D eigenvalue weighted by Gasteiger charge is -2.10. The molecule has 0 radical (unpaired) electrons. The summed E-state index contributed by atoms with van der Waals surface area (Å²) in [6.45, 7) is 0.599. The molecule has 0 spiro atoms. The maximum atomic E-state index is 12.5. The topological polar surface area (TPSA) is 51.9 Å². The van der Waals surface area contributed by atoms with Crippen molar-refractivity contribution in [1.29, 1.82) is 0 Å². The van der Waals surface area contributed by atoms with E-state index in [1.165, 1.54) is 0 Å². The van der Waals surface area contributed by atoms with Gasteiger partial charge in [0, 0.05) is 28.6 Å². The summed E-state index contributed by atoms with van der Waals surface area (Å²) in [7, 11) is 0. The standard InChI is InChI=1S/C22H19BrN4O/c23-19-7-3-18(4-8-19)16-27-21(11-12-24-27)25-22(28)15-17-5-9-20(10-6-17)26-13-1-2-14-26/h1-14H,15-16H2,(H,25,28). The molecular weight excluding hydrogens is 416 g/mol. The van der Waals surface area contributed by atoms with Gasteiger partial charge in [0.15, 0.2) is 0 Å². The zero-order valence-electron chi connectivity index (χ0n) is 15.1. The van der Waals surface area contributed by atoms with Crippen molar-refractivity contribution < 1.29 is 4.79 Å². The normalized spacial score (nSPS) is 10.8. The quantitative estimate of drug-likeness (QED) is 0.479. The van der Waals surface area contributed by atoms with Crippen molar-refractivity contribution in [1.82, 2.24) is 14.3 Å². The minimum atomic E-state index is -0.0636. The molecule has 28 heavy (non-hydrogen) atoms. The number of nitrogens with one attached hydrogen (secondary N) is 1. The monoisotopic (exact) mass is 434 g/mol. The number of anilines is 1. The largest absolute Gasteiger partial charge is 0.324 e. The van der Waals surface area contributed by atoms with Gasteiger partial charge in [0.1, 0.15) is 5.82 Å². The second kappa shape index (κ2) is 8.27. The van der Waals surface area contributed by atoms with Gasteiger partial charge in [-0.25, -0.2) is 4.68 Å². The Labute approximate surface area is 171 Å². The summed E-state index contributed by atoms with van der Waals surface area (Å²) in [6.07, 6.45) is 6.00. The molecule has 4 rings (SSSR count). The number of carbonyl (C=O) groups excluding carboxylic acids is 1. The van der Waals surface area contributed by atoms with E-state index in [2.05, 4.69) is 26.3 Å². The van der Waals surface area contributed by atoms with Gasteiger partial charge in [-0.3, -0.25) is 4.79 Å². The molecule has 1 N–H and O–H groups in total. The Balaban J connectivity index is 1.39. The summed E-state index contributed by atoms with van der Waals surface area (Å²) in [5.41, 5.74) is 3.15. The van der Waals surface area contributed by atoms with E-state index in [4.69, 9.17) is 0 Å². The van der Waals surface area contributed by atoms with E-state index < -0.39 is 0 Å². The van der Waals surface area contributed by atoms with Gasteiger partial charge in [-0.15, -0.1) is 0 Å². The van der Waals surface area contributed by atoms with E-state index in [9.17, 15) is 4.79 Å². The lowest BCUT2D eigenvalue weighted by atomic mass is 10.1. The molecule has 0 saturated carbocycles. The lowest BCUT2D eigenvalue weighted by molar-refractivity contribution is -0.115. The fourth-order valence-corrected chi connectivity index (χ4v) is 3.26. The van der Waals surface area contributed by atoms with Gasteiger partial charge in [0.25, 0.3) is 0 Å². The van der Waals surface area contributed by atoms with Crippen LogP contribution in [0.1, 0.15) is 11.1 Å². The van der Waals surface area contributed by atoms with Crippen molar-refractivity contribution >= 4 is 27.7 Å². The molecule has 1 amide bonds. The Morgan fingerprint density at radius 3 is 2.32 bits per heavy atom. The predicted octanol–water partition coefficient (Wildman–Crippen LogP) is 4.67. The average molecular weight is 435 g/mol. The Kier molecular flexibility index (Phi) is 5.39. The van der Waals surface area contributed by atoms with E-state index in [0.29, 0.717) is 18.8 Å². The van der Waals surface area contributed by atoms with Crippen LogP contribution in [0.15, 0.2) is 89.8 Å². The molecule has 0 aliphatic heterocycles. The average Bonchev–Trinajstić information content (AvgIpc) is 3.37. The number of hydrogen-bond acceptors (Lipinski definition) is 2. The van der Waals surface area contributed by atoms with Crippen molar-refractivity contribution in [2.24, 2.45) is 0 Å². The van der Waals surface area contributed by atoms with Gasteiger partial charge in [-0.05, 0) is 47.5 Å². The molecule has 0 aliphatic rings. The number of nitrogens with zero attached hydrogens (tertiary/aromatic N) is 3. The third-order valence-corrected chi connectivity index (χ3v) is 4.96. The molecule has 2 heterocycles. The summed E-state index contributed by atoms with van der Waals surface area (Å²) in [5, 5.41) is 7.28. The second-order valence-electron chi connectivity index (χ2n) is 6.48. The van der Waals surface area contributed by atoms with Crippen molar-refractivity contribution in [3.8, 4) is 5.69 Å². The van der Waals surface area contributed by atoms with E-state index in [-0.39, 0.29) is 5.91 Å². The third-order valence-electron chi connectivity index (χ3n) is 4.43. The highest BCUT2D eigenvalue weighted by molar-refractivity contribution is 9.10. The van der Waals surface area contributed by atoms with Crippen LogP contribution >= 0.6 is 15.9 Å². The smallest absolute Gasteiger partial charge is 0.229 e. The predicted molar refractivity (Wildman–Crippen MR) is 114 cm³/mol. The van der Waals surface area contributed by atoms with Crippen LogP contribution in [0.25, 0.3) is 5.69 Å². The highest BCUT2D eigenvalue weighted by atomic mass is 79.9. The third kappa shape index (κ3) is 4.40. The SMILES string of the molecule is O=C(Cc1ccc(-n2cccc2)cc1)Nc1ccnn1Cc1ccc(Br)cc1. The molecule has 4 aromatic rings. The van der Waals surface area contributed by atoms with Crippen molar-refractivity contribution in [2.45, 2.75) is 13.0 Å². The summed E-state index contributed by atoms with van der Waals surface area (Å²) in [5.74, 6) is 0.628. The van der Waals surface area contributed by atoms with E-state index in [1.54, 1.807) is 10.9 Å². The van der Waals surface area contributed by atoms with Crippen molar-refractivity contribution in [3.63, 3.8) is 0 Å². The molecule has 2 aromatic heterocycles. The molecule has 0 bridgehead atoms. The summed E-state index contributed by atoms with van der Waals surface area (Å²) < 4.78 is 4.86. The number of amides is 1. The van der Waals surface area contributed by atoms with Gasteiger partial charge in [-0.1, -0.05) is 40.2 Å². The molecule has 6 heteroatoms. The van der Waals surface area contributed by atoms with Crippen LogP contribution in [0.2, 0.25) is 0 Å². The van der Waals surface area contributed by atoms with Gasteiger partial charge >= 0.3 is 0 Å². The highest BCUT2D eigenvalue weighted by Gasteiger charge is 2.09. The van der Waals surface area contributed by atoms with E-state index in [0.717, 1.165) is 21.3 Å². The zero-order chi connectivity index (χ0) is 19.3. The number of benzene rings is 2. The number of aromatic nitrogens is 3. The number of rotatable bonds is 6. The maximum absolute atomic E-state index is 12.5. The van der Waals surface area contributed by atoms with Crippen LogP contribution in [0.3, 0.4) is 0 Å². The highest BCUT2D eigenvalue weighted by Crippen LogP contribution is 2.15. The first-order chi connectivity index (χ1) is 13.7. The Morgan fingerprint density at radius 1 is 0.929 bits per heavy atom. The fraction of sp³-hybridized carbons (Fsp3) is 0.0909. The molecule has 140 valence electrons. The minimum Gasteiger partial charge on any atom is -0.324 e. The van der Waals surface area contributed by atoms with Crippen LogP contribution in [-0.2, 0) is 17.8 Å². The molecule has 0 unspecified atom stereocenters. The first-order valence-electron chi connectivity index (χ1n) is 8.96. The Bertz CT molecular complexity index is 1050. The first kappa shape index (κ1) is 18.3. The van der Waals surface area contributed by atoms with E-state index in [1.807, 2.05) is 83.7 Å². The lowest BCUT2D eigenvalue weighted by Crippen LogP contribution is -2.18. The molecular formula is C22H19BrN4O. The summed E-state index contributed by atoms with van der Waals surface area (Å²) in [6, 6.07) is 21.8. The first-order valence-corrected chi connectivity index (χ1v) is 9.75. The number of halogens is 1. The van der Waals surface area contributed by atoms with Crippen LogP contribution in [0.5, 0.6) is 0 Å². The van der Waals surface area contributed by atoms with Gasteiger partial charge in [-0.2, -0.15) is 5.10 Å². The van der Waals surface area contributed by atoms with Crippen LogP contribution in [-0.4, -0.2) is 20.3 Å². The van der Waals surface area contributed by atoms with Crippen molar-refractivity contribution in [2.75, 3.05) is 5.32 Å². The fourth-order valence-electron chi connectivity index (χ4n) is 2.99. The van der Waals surface area contributed by atoms with E-state index >= 15 is 0 Å². The summed E-state index contributed by atoms with van der Waals surface area (Å²) in [4.78, 5) is 12.5. The van der Waals surface area contributed by atoms with Crippen LogP contribution in [0.4, 0.5) is 5.82 Å². The second-order valence-corrected chi connectivity index (χ2v) is 7.40. The molecule has 0 saturated heterocycles. The Hall–Kier alpha value is -3.12. The minimum absolute atomic E-state index is 0.0636. The number of carbonyl (C=O) groups is 1. The van der Waals surface area contributed by atoms with Gasteiger partial charge in [0.05, 0.1) is 19.2 Å². The molecule has 0 aliphatic carbocycles. The number of hydrogen-bond donors (Lipinski definition) is 1. The summed E-state index contributed by atoms with van der Waals surface area (Å²) >= 11 is 3.44. The van der Waals surface area contributed by atoms with Crippen LogP contribution in [0, 0.1) is 0 Å². The van der Waals surface area contributed by atoms with Gasteiger partial charge < -0.3 is 9.88 Å². The van der Waals surface area contributed by atoms with Gasteiger partial charge in [0.2, 0.25) is 5.91 Å². The molecule has 2 aromatic carbocycles.